The predicted molar refractivity (Wildman–Crippen MR) is 110 cm³/mol. The molecule has 1 aliphatic carbocycles. The molecule has 4 N–H and O–H groups in total. The SMILES string of the molecule is CCNCC(=O)Nc1ccc2c(c1)C(=O)c1cc(NC(=O)CNCC)ccc1-2. The van der Waals surface area contributed by atoms with Crippen molar-refractivity contribution in [3.8, 4) is 11.1 Å². The Morgan fingerprint density at radius 3 is 1.54 bits per heavy atom. The maximum absolute atomic E-state index is 12.9. The molecule has 2 aromatic carbocycles. The smallest absolute Gasteiger partial charge is 0.238 e. The zero-order chi connectivity index (χ0) is 20.1. The van der Waals surface area contributed by atoms with Gasteiger partial charge in [0.1, 0.15) is 0 Å². The summed E-state index contributed by atoms with van der Waals surface area (Å²) in [4.78, 5) is 36.6. The summed E-state index contributed by atoms with van der Waals surface area (Å²) >= 11 is 0. The zero-order valence-electron chi connectivity index (χ0n) is 16.0. The van der Waals surface area contributed by atoms with Crippen LogP contribution in [0.2, 0.25) is 0 Å². The van der Waals surface area contributed by atoms with E-state index in [1.807, 2.05) is 26.0 Å². The summed E-state index contributed by atoms with van der Waals surface area (Å²) in [6.07, 6.45) is 0. The van der Waals surface area contributed by atoms with E-state index in [-0.39, 0.29) is 30.7 Å². The molecule has 1 aliphatic rings. The topological polar surface area (TPSA) is 99.3 Å². The minimum Gasteiger partial charge on any atom is -0.325 e. The Morgan fingerprint density at radius 2 is 1.14 bits per heavy atom. The van der Waals surface area contributed by atoms with Crippen LogP contribution in [0.5, 0.6) is 0 Å². The van der Waals surface area contributed by atoms with Crippen LogP contribution in [0.25, 0.3) is 11.1 Å². The second-order valence-electron chi connectivity index (χ2n) is 6.51. The molecule has 0 aliphatic heterocycles. The van der Waals surface area contributed by atoms with E-state index >= 15 is 0 Å². The molecule has 0 saturated heterocycles. The van der Waals surface area contributed by atoms with Crippen molar-refractivity contribution in [2.45, 2.75) is 13.8 Å². The lowest BCUT2D eigenvalue weighted by Crippen LogP contribution is -2.27. The Morgan fingerprint density at radius 1 is 0.714 bits per heavy atom. The fourth-order valence-corrected chi connectivity index (χ4v) is 3.12. The monoisotopic (exact) mass is 380 g/mol. The Balaban J connectivity index is 1.77. The van der Waals surface area contributed by atoms with E-state index in [0.29, 0.717) is 35.6 Å². The van der Waals surface area contributed by atoms with Crippen LogP contribution in [0.4, 0.5) is 11.4 Å². The first-order chi connectivity index (χ1) is 13.5. The van der Waals surface area contributed by atoms with Crippen LogP contribution >= 0.6 is 0 Å². The van der Waals surface area contributed by atoms with Gasteiger partial charge in [-0.25, -0.2) is 0 Å². The number of fused-ring (bicyclic) bond motifs is 3. The summed E-state index contributed by atoms with van der Waals surface area (Å²) < 4.78 is 0. The molecule has 0 aromatic heterocycles. The van der Waals surface area contributed by atoms with E-state index in [9.17, 15) is 14.4 Å². The molecule has 2 amide bonds. The number of benzene rings is 2. The quantitative estimate of drug-likeness (QED) is 0.479. The molecule has 146 valence electrons. The standard InChI is InChI=1S/C21H24N4O3/c1-3-22-11-19(26)24-13-5-7-15-16-8-6-14(25-20(27)12-23-4-2)10-18(16)21(28)17(15)9-13/h5-10,22-23H,3-4,11-12H2,1-2H3,(H,24,26)(H,25,27). The molecule has 28 heavy (non-hydrogen) atoms. The van der Waals surface area contributed by atoms with Crippen molar-refractivity contribution >= 4 is 29.0 Å². The largest absolute Gasteiger partial charge is 0.325 e. The third kappa shape index (κ3) is 4.27. The number of amides is 2. The average molecular weight is 380 g/mol. The van der Waals surface area contributed by atoms with Gasteiger partial charge in [-0.2, -0.15) is 0 Å². The third-order valence-electron chi connectivity index (χ3n) is 4.46. The fourth-order valence-electron chi connectivity index (χ4n) is 3.12. The maximum atomic E-state index is 12.9. The van der Waals surface area contributed by atoms with Crippen LogP contribution in [-0.2, 0) is 9.59 Å². The van der Waals surface area contributed by atoms with Crippen molar-refractivity contribution in [3.05, 3.63) is 47.5 Å². The highest BCUT2D eigenvalue weighted by molar-refractivity contribution is 6.22. The van der Waals surface area contributed by atoms with Gasteiger partial charge in [-0.05, 0) is 48.5 Å². The van der Waals surface area contributed by atoms with Gasteiger partial charge in [-0.15, -0.1) is 0 Å². The first-order valence-corrected chi connectivity index (χ1v) is 9.37. The normalized spacial score (nSPS) is 11.7. The molecular formula is C21H24N4O3. The Hall–Kier alpha value is -3.03. The van der Waals surface area contributed by atoms with Gasteiger partial charge in [0.15, 0.2) is 5.78 Å². The van der Waals surface area contributed by atoms with Crippen molar-refractivity contribution in [2.24, 2.45) is 0 Å². The number of anilines is 2. The van der Waals surface area contributed by atoms with E-state index in [1.165, 1.54) is 0 Å². The van der Waals surface area contributed by atoms with Crippen molar-refractivity contribution in [1.82, 2.24) is 10.6 Å². The highest BCUT2D eigenvalue weighted by Gasteiger charge is 2.27. The molecular weight excluding hydrogens is 356 g/mol. The first kappa shape index (κ1) is 19.7. The Bertz CT molecular complexity index is 850. The Labute approximate surface area is 163 Å². The summed E-state index contributed by atoms with van der Waals surface area (Å²) in [5, 5.41) is 11.5. The van der Waals surface area contributed by atoms with Crippen molar-refractivity contribution in [3.63, 3.8) is 0 Å². The van der Waals surface area contributed by atoms with Crippen LogP contribution in [0.1, 0.15) is 29.8 Å². The summed E-state index contributed by atoms with van der Waals surface area (Å²) in [7, 11) is 0. The van der Waals surface area contributed by atoms with Gasteiger partial charge >= 0.3 is 0 Å². The van der Waals surface area contributed by atoms with Crippen LogP contribution in [0.15, 0.2) is 36.4 Å². The van der Waals surface area contributed by atoms with Gasteiger partial charge in [0.25, 0.3) is 0 Å². The van der Waals surface area contributed by atoms with Crippen molar-refractivity contribution in [2.75, 3.05) is 36.8 Å². The van der Waals surface area contributed by atoms with E-state index < -0.39 is 0 Å². The van der Waals surface area contributed by atoms with E-state index in [2.05, 4.69) is 21.3 Å². The number of hydrogen-bond acceptors (Lipinski definition) is 5. The minimum atomic E-state index is -0.157. The molecule has 7 heteroatoms. The second kappa shape index (κ2) is 8.77. The Kier molecular flexibility index (Phi) is 6.18. The van der Waals surface area contributed by atoms with Gasteiger partial charge in [0.2, 0.25) is 11.8 Å². The molecule has 0 heterocycles. The lowest BCUT2D eigenvalue weighted by molar-refractivity contribution is -0.116. The van der Waals surface area contributed by atoms with Crippen LogP contribution in [0, 0.1) is 0 Å². The molecule has 0 bridgehead atoms. The van der Waals surface area contributed by atoms with E-state index in [0.717, 1.165) is 11.1 Å². The van der Waals surface area contributed by atoms with Crippen LogP contribution in [-0.4, -0.2) is 43.8 Å². The van der Waals surface area contributed by atoms with Gasteiger partial charge < -0.3 is 21.3 Å². The van der Waals surface area contributed by atoms with Gasteiger partial charge in [-0.3, -0.25) is 14.4 Å². The molecule has 0 radical (unpaired) electrons. The molecule has 0 saturated carbocycles. The summed E-state index contributed by atoms with van der Waals surface area (Å²) in [5.41, 5.74) is 3.93. The molecule has 7 nitrogen and oxygen atoms in total. The van der Waals surface area contributed by atoms with Crippen molar-refractivity contribution in [1.29, 1.82) is 0 Å². The number of ketones is 1. The van der Waals surface area contributed by atoms with Gasteiger partial charge in [0.05, 0.1) is 13.1 Å². The van der Waals surface area contributed by atoms with Crippen LogP contribution in [0.3, 0.4) is 0 Å². The number of carbonyl (C=O) groups excluding carboxylic acids is 3. The third-order valence-corrected chi connectivity index (χ3v) is 4.46. The number of nitrogens with one attached hydrogen (secondary N) is 4. The highest BCUT2D eigenvalue weighted by Crippen LogP contribution is 2.39. The number of rotatable bonds is 8. The molecule has 0 unspecified atom stereocenters. The molecule has 2 aromatic rings. The first-order valence-electron chi connectivity index (χ1n) is 9.37. The fraction of sp³-hybridized carbons (Fsp3) is 0.286. The molecule has 3 rings (SSSR count). The summed E-state index contributed by atoms with van der Waals surface area (Å²) in [5.74, 6) is -0.429. The number of likely N-dealkylation sites (N-methyl/N-ethyl adjacent to an activating group) is 2. The van der Waals surface area contributed by atoms with Gasteiger partial charge in [0, 0.05) is 22.5 Å². The average Bonchev–Trinajstić information content (AvgIpc) is 2.96. The van der Waals surface area contributed by atoms with Gasteiger partial charge in [-0.1, -0.05) is 26.0 Å². The number of carbonyl (C=O) groups is 3. The van der Waals surface area contributed by atoms with E-state index in [4.69, 9.17) is 0 Å². The minimum absolute atomic E-state index is 0.115. The summed E-state index contributed by atoms with van der Waals surface area (Å²) in [6, 6.07) is 10.7. The summed E-state index contributed by atoms with van der Waals surface area (Å²) in [6.45, 7) is 5.71. The zero-order valence-corrected chi connectivity index (χ0v) is 16.0. The maximum Gasteiger partial charge on any atom is 0.238 e. The van der Waals surface area contributed by atoms with Crippen LogP contribution < -0.4 is 21.3 Å². The second-order valence-corrected chi connectivity index (χ2v) is 6.51. The highest BCUT2D eigenvalue weighted by atomic mass is 16.2. The lowest BCUT2D eigenvalue weighted by atomic mass is 10.0. The number of hydrogen-bond donors (Lipinski definition) is 4. The van der Waals surface area contributed by atoms with Crippen molar-refractivity contribution < 1.29 is 14.4 Å². The lowest BCUT2D eigenvalue weighted by Gasteiger charge is -2.08. The predicted octanol–water partition coefficient (Wildman–Crippen LogP) is 1.99. The molecule has 0 fully saturated rings. The molecule has 0 spiro atoms. The van der Waals surface area contributed by atoms with E-state index in [1.54, 1.807) is 24.3 Å². The molecule has 0 atom stereocenters.